The Balaban J connectivity index is 0.952. The lowest BCUT2D eigenvalue weighted by molar-refractivity contribution is -0.148. The largest absolute Gasteiger partial charge is 0.465 e. The number of rotatable bonds is 15. The predicted octanol–water partition coefficient (Wildman–Crippen LogP) is 9.06. The van der Waals surface area contributed by atoms with Gasteiger partial charge in [-0.25, -0.2) is 13.9 Å². The van der Waals surface area contributed by atoms with Gasteiger partial charge in [0.05, 0.1) is 11.5 Å². The number of halogens is 2. The van der Waals surface area contributed by atoms with Crippen LogP contribution >= 0.6 is 18.9 Å². The van der Waals surface area contributed by atoms with Crippen LogP contribution < -0.4 is 14.9 Å². The summed E-state index contributed by atoms with van der Waals surface area (Å²) in [7, 11) is -2.45. The van der Waals surface area contributed by atoms with Crippen molar-refractivity contribution in [2.75, 3.05) is 20.2 Å². The van der Waals surface area contributed by atoms with E-state index in [0.717, 1.165) is 19.3 Å². The van der Waals surface area contributed by atoms with Crippen LogP contribution in [0.1, 0.15) is 117 Å². The molecule has 0 unspecified atom stereocenters. The summed E-state index contributed by atoms with van der Waals surface area (Å²) in [6, 6.07) is 21.9. The molecule has 0 radical (unpaired) electrons. The number of nitrogens with one attached hydrogen (secondary N) is 2. The van der Waals surface area contributed by atoms with Crippen molar-refractivity contribution in [3.63, 3.8) is 0 Å². The maximum absolute atomic E-state index is 16.7. The van der Waals surface area contributed by atoms with E-state index in [1.165, 1.54) is 36.0 Å². The maximum Gasteiger partial charge on any atom is 0.355 e. The SMILES string of the molecule is CCCOC(=O)[C@H](C)N[P@](=O)(Oc1ccccc1)[C@H](F)c1ccc2sc(C(=O)N[C@H]3CC[C@H](N(C)C4CC(F)C4)C[C@H]4CC[C@@H](C(=O)N5C[C@@H](c6ccccc6)CC56CC6)N4C3=O)cc2c1. The second-order valence-electron chi connectivity index (χ2n) is 19.1. The lowest BCUT2D eigenvalue weighted by atomic mass is 9.86. The fourth-order valence-corrected chi connectivity index (χ4v) is 13.6. The zero-order valence-corrected chi connectivity index (χ0v) is 39.5. The Morgan fingerprint density at radius 1 is 0.955 bits per heavy atom. The van der Waals surface area contributed by atoms with Gasteiger partial charge in [-0.1, -0.05) is 61.5 Å². The number of benzene rings is 3. The summed E-state index contributed by atoms with van der Waals surface area (Å²) in [6.45, 7) is 4.05. The Morgan fingerprint density at radius 2 is 1.68 bits per heavy atom. The second-order valence-corrected chi connectivity index (χ2v) is 22.3. The summed E-state index contributed by atoms with van der Waals surface area (Å²) in [5.41, 5.74) is 1.05. The van der Waals surface area contributed by atoms with Crippen LogP contribution in [0.5, 0.6) is 5.75 Å². The van der Waals surface area contributed by atoms with Crippen LogP contribution in [-0.2, 0) is 23.7 Å². The lowest BCUT2D eigenvalue weighted by Gasteiger charge is -2.45. The number of fused-ring (bicyclic) bond motifs is 2. The first kappa shape index (κ1) is 46.4. The highest BCUT2D eigenvalue weighted by molar-refractivity contribution is 7.57. The first-order chi connectivity index (χ1) is 31.8. The zero-order valence-electron chi connectivity index (χ0n) is 37.8. The number of carbonyl (C=O) groups excluding carboxylic acids is 4. The van der Waals surface area contributed by atoms with Gasteiger partial charge in [0, 0.05) is 40.8 Å². The number of likely N-dealkylation sites (tertiary alicyclic amines) is 1. The average Bonchev–Trinajstić information content (AvgIpc) is 3.58. The molecule has 2 aliphatic carbocycles. The van der Waals surface area contributed by atoms with Gasteiger partial charge in [0.1, 0.15) is 30.0 Å². The lowest BCUT2D eigenvalue weighted by Crippen LogP contribution is -2.59. The van der Waals surface area contributed by atoms with E-state index in [1.807, 2.05) is 32.2 Å². The monoisotopic (exact) mass is 943 g/mol. The number of amides is 3. The van der Waals surface area contributed by atoms with E-state index in [0.29, 0.717) is 72.9 Å². The van der Waals surface area contributed by atoms with E-state index in [4.69, 9.17) is 9.26 Å². The summed E-state index contributed by atoms with van der Waals surface area (Å²) in [4.78, 5) is 63.1. The van der Waals surface area contributed by atoms with Crippen molar-refractivity contribution >= 4 is 52.6 Å². The van der Waals surface area contributed by atoms with Crippen molar-refractivity contribution in [1.29, 1.82) is 0 Å². The van der Waals surface area contributed by atoms with Crippen LogP contribution in [-0.4, -0.2) is 107 Å². The van der Waals surface area contributed by atoms with Crippen molar-refractivity contribution in [1.82, 2.24) is 25.1 Å². The second kappa shape index (κ2) is 19.1. The number of hydrogen-bond donors (Lipinski definition) is 2. The molecule has 9 rings (SSSR count). The van der Waals surface area contributed by atoms with Gasteiger partial charge < -0.3 is 29.3 Å². The van der Waals surface area contributed by atoms with Gasteiger partial charge >= 0.3 is 13.5 Å². The van der Waals surface area contributed by atoms with Crippen LogP contribution in [0.25, 0.3) is 10.1 Å². The first-order valence-electron chi connectivity index (χ1n) is 23.6. The number of thiophene rings is 1. The molecule has 4 heterocycles. The molecule has 1 spiro atoms. The van der Waals surface area contributed by atoms with Crippen molar-refractivity contribution < 1.29 is 41.8 Å². The smallest absolute Gasteiger partial charge is 0.355 e. The Bertz CT molecular complexity index is 2470. The minimum absolute atomic E-state index is 0.0112. The third-order valence-corrected chi connectivity index (χ3v) is 17.9. The third kappa shape index (κ3) is 9.42. The minimum Gasteiger partial charge on any atom is -0.465 e. The molecule has 1 aromatic heterocycles. The van der Waals surface area contributed by atoms with Gasteiger partial charge in [0.2, 0.25) is 17.7 Å². The number of para-hydroxylation sites is 1. The Labute approximate surface area is 389 Å². The zero-order chi connectivity index (χ0) is 46.3. The molecule has 352 valence electrons. The summed E-state index contributed by atoms with van der Waals surface area (Å²) >= 11 is 1.18. The van der Waals surface area contributed by atoms with Crippen molar-refractivity contribution in [2.24, 2.45) is 0 Å². The van der Waals surface area contributed by atoms with E-state index in [9.17, 15) is 28.1 Å². The average molecular weight is 944 g/mol. The van der Waals surface area contributed by atoms with Gasteiger partial charge in [-0.05, 0) is 131 Å². The van der Waals surface area contributed by atoms with E-state index in [2.05, 4.69) is 32.3 Å². The summed E-state index contributed by atoms with van der Waals surface area (Å²) < 4.78 is 56.9. The first-order valence-corrected chi connectivity index (χ1v) is 26.1. The molecule has 4 aromatic rings. The van der Waals surface area contributed by atoms with Crippen LogP contribution in [0.4, 0.5) is 8.78 Å². The van der Waals surface area contributed by atoms with Gasteiger partial charge in [-0.3, -0.25) is 23.7 Å². The van der Waals surface area contributed by atoms with Crippen molar-refractivity contribution in [3.8, 4) is 5.75 Å². The normalized spacial score (nSPS) is 27.6. The highest BCUT2D eigenvalue weighted by Gasteiger charge is 2.59. The predicted molar refractivity (Wildman–Crippen MR) is 250 cm³/mol. The number of nitrogens with zero attached hydrogens (tertiary/aromatic N) is 3. The van der Waals surface area contributed by atoms with Crippen LogP contribution in [0.3, 0.4) is 0 Å². The van der Waals surface area contributed by atoms with Crippen LogP contribution in [0, 0.1) is 0 Å². The van der Waals surface area contributed by atoms with Gasteiger partial charge in [-0.15, -0.1) is 11.3 Å². The summed E-state index contributed by atoms with van der Waals surface area (Å²) in [5.74, 6) is -3.28. The molecule has 66 heavy (non-hydrogen) atoms. The number of hydrogen-bond acceptors (Lipinski definition) is 9. The maximum atomic E-state index is 16.7. The van der Waals surface area contributed by atoms with Gasteiger partial charge in [0.15, 0.2) is 0 Å². The fraction of sp³-hybridized carbons (Fsp3) is 0.520. The molecule has 2 saturated carbocycles. The minimum atomic E-state index is -4.48. The van der Waals surface area contributed by atoms with Crippen LogP contribution in [0.2, 0.25) is 0 Å². The fourth-order valence-electron chi connectivity index (χ4n) is 10.7. The molecule has 16 heteroatoms. The van der Waals surface area contributed by atoms with Gasteiger partial charge in [0.25, 0.3) is 5.91 Å². The quantitative estimate of drug-likeness (QED) is 0.0884. The molecular weight excluding hydrogens is 884 g/mol. The van der Waals surface area contributed by atoms with E-state index in [-0.39, 0.29) is 59.3 Å². The van der Waals surface area contributed by atoms with E-state index < -0.39 is 49.6 Å². The van der Waals surface area contributed by atoms with E-state index in [1.54, 1.807) is 47.4 Å². The Morgan fingerprint density at radius 3 is 2.38 bits per heavy atom. The molecule has 3 aliphatic heterocycles. The highest BCUT2D eigenvalue weighted by Crippen LogP contribution is 2.58. The Kier molecular flexibility index (Phi) is 13.5. The molecule has 0 bridgehead atoms. The molecule has 3 amide bonds. The topological polar surface area (TPSA) is 138 Å². The molecule has 3 aromatic carbocycles. The molecule has 3 saturated heterocycles. The van der Waals surface area contributed by atoms with Crippen molar-refractivity contribution in [2.45, 2.75) is 144 Å². The molecule has 5 aliphatic rings. The van der Waals surface area contributed by atoms with Crippen LogP contribution in [0.15, 0.2) is 84.9 Å². The number of esters is 1. The number of alkyl halides is 2. The molecule has 2 N–H and O–H groups in total. The Hall–Kier alpha value is -4.69. The molecular formula is C50H60F2N5O7PS. The number of carbonyl (C=O) groups is 4. The standard InChI is InChI=1S/C50H60F2N5O7PS/c1-4-23-63-49(61)31(2)54-65(62,64-40-13-9-6-10-14-40)45(52)33-15-20-43-34(24-33)25-44(66-43)46(58)53-41-18-16-37(55(3)39-26-36(51)27-39)28-38-17-19-42(57(38)47(41)59)48(60)56-30-35(29-50(56)21-22-50)32-11-7-5-8-12-32/h5-15,20,24-25,31,35-39,41-42,45H,4,16-19,21-23,26-30H2,1-3H3,(H,53,58)(H,54,62)/t31-,35-,36?,37-,38+,39?,41-,42-,45-,65+/m0/s1. The summed E-state index contributed by atoms with van der Waals surface area (Å²) in [5, 5.41) is 6.18. The molecule has 5 fully saturated rings. The third-order valence-electron chi connectivity index (χ3n) is 14.6. The van der Waals surface area contributed by atoms with Gasteiger partial charge in [-0.2, -0.15) is 0 Å². The summed E-state index contributed by atoms with van der Waals surface area (Å²) in [6.07, 6.45) is 6.34. The van der Waals surface area contributed by atoms with Crippen molar-refractivity contribution in [3.05, 3.63) is 101 Å². The molecule has 8 atom stereocenters. The van der Waals surface area contributed by atoms with E-state index >= 15 is 4.39 Å². The molecule has 12 nitrogen and oxygen atoms in total. The number of ether oxygens (including phenoxy) is 1. The highest BCUT2D eigenvalue weighted by atomic mass is 32.1.